The van der Waals surface area contributed by atoms with Crippen molar-refractivity contribution in [2.24, 2.45) is 0 Å². The van der Waals surface area contributed by atoms with Gasteiger partial charge >= 0.3 is 5.97 Å². The summed E-state index contributed by atoms with van der Waals surface area (Å²) in [5, 5.41) is 9.66. The Bertz CT molecular complexity index is 743. The third kappa shape index (κ3) is 1.87. The molecule has 0 saturated carbocycles. The Kier molecular flexibility index (Phi) is 2.99. The lowest BCUT2D eigenvalue weighted by Gasteiger charge is -2.07. The molecule has 1 N–H and O–H groups in total. The quantitative estimate of drug-likeness (QED) is 0.728. The van der Waals surface area contributed by atoms with Gasteiger partial charge in [0.25, 0.3) is 0 Å². The van der Waals surface area contributed by atoms with Gasteiger partial charge in [-0.05, 0) is 40.5 Å². The van der Waals surface area contributed by atoms with Crippen LogP contribution in [0.25, 0.3) is 16.7 Å². The molecule has 0 amide bonds. The molecule has 0 unspecified atom stereocenters. The van der Waals surface area contributed by atoms with Gasteiger partial charge in [-0.25, -0.2) is 4.79 Å². The number of hydrogen-bond acceptors (Lipinski definition) is 2. The van der Waals surface area contributed by atoms with Crippen LogP contribution in [0.15, 0.2) is 42.5 Å². The number of carboxylic acid groups (broad SMARTS) is 1. The zero-order valence-corrected chi connectivity index (χ0v) is 11.4. The molecule has 0 spiro atoms. The Morgan fingerprint density at radius 1 is 1.20 bits per heavy atom. The van der Waals surface area contributed by atoms with Crippen molar-refractivity contribution in [1.82, 2.24) is 0 Å². The molecule has 3 rings (SSSR count). The van der Waals surface area contributed by atoms with E-state index >= 15 is 0 Å². The normalized spacial score (nSPS) is 14.0. The number of benzene rings is 2. The first-order valence-electron chi connectivity index (χ1n) is 6.04. The van der Waals surface area contributed by atoms with Gasteiger partial charge < -0.3 is 9.84 Å². The summed E-state index contributed by atoms with van der Waals surface area (Å²) >= 11 is 6.04. The summed E-state index contributed by atoms with van der Waals surface area (Å²) in [7, 11) is 1.60. The number of ether oxygens (including phenoxy) is 1. The average Bonchev–Trinajstić information content (AvgIpc) is 2.72. The van der Waals surface area contributed by atoms with E-state index in [-0.39, 0.29) is 0 Å². The zero-order valence-electron chi connectivity index (χ0n) is 10.7. The van der Waals surface area contributed by atoms with Crippen LogP contribution in [0.3, 0.4) is 0 Å². The lowest BCUT2D eigenvalue weighted by molar-refractivity contribution is -0.131. The van der Waals surface area contributed by atoms with E-state index in [2.05, 4.69) is 0 Å². The molecule has 2 aromatic carbocycles. The van der Waals surface area contributed by atoms with E-state index in [1.54, 1.807) is 19.2 Å². The van der Waals surface area contributed by atoms with E-state index in [1.807, 2.05) is 24.3 Å². The number of halogens is 1. The molecule has 3 nitrogen and oxygen atoms in total. The molecule has 4 heteroatoms. The van der Waals surface area contributed by atoms with Crippen LogP contribution in [0.4, 0.5) is 0 Å². The van der Waals surface area contributed by atoms with Crippen LogP contribution in [0.2, 0.25) is 5.02 Å². The highest BCUT2D eigenvalue weighted by molar-refractivity contribution is 6.31. The fourth-order valence-corrected chi connectivity index (χ4v) is 2.76. The van der Waals surface area contributed by atoms with Crippen molar-refractivity contribution >= 4 is 23.1 Å². The number of methoxy groups -OCH3 is 1. The maximum absolute atomic E-state index is 11.1. The molecule has 0 bridgehead atoms. The van der Waals surface area contributed by atoms with Crippen molar-refractivity contribution < 1.29 is 14.6 Å². The van der Waals surface area contributed by atoms with Gasteiger partial charge in [-0.15, -0.1) is 0 Å². The second kappa shape index (κ2) is 4.69. The SMILES string of the molecule is COc1cccc2c1-c1ccc(Cl)cc1/C2=C\C(=O)O. The summed E-state index contributed by atoms with van der Waals surface area (Å²) in [6, 6.07) is 11.1. The van der Waals surface area contributed by atoms with Gasteiger partial charge in [0.2, 0.25) is 0 Å². The van der Waals surface area contributed by atoms with Gasteiger partial charge in [0.05, 0.1) is 7.11 Å². The van der Waals surface area contributed by atoms with Crippen LogP contribution in [-0.4, -0.2) is 18.2 Å². The number of aliphatic carboxylic acids is 1. The number of hydrogen-bond donors (Lipinski definition) is 1. The minimum absolute atomic E-state index is 0.576. The van der Waals surface area contributed by atoms with Gasteiger partial charge in [-0.2, -0.15) is 0 Å². The summed E-state index contributed by atoms with van der Waals surface area (Å²) in [6.45, 7) is 0. The summed E-state index contributed by atoms with van der Waals surface area (Å²) in [5.41, 5.74) is 4.18. The molecule has 2 aromatic rings. The maximum atomic E-state index is 11.1. The Hall–Kier alpha value is -2.26. The van der Waals surface area contributed by atoms with Gasteiger partial charge in [0, 0.05) is 16.7 Å². The Morgan fingerprint density at radius 2 is 2.00 bits per heavy atom. The molecule has 1 aliphatic rings. The Labute approximate surface area is 121 Å². The molecule has 0 saturated heterocycles. The molecular weight excluding hydrogens is 276 g/mol. The van der Waals surface area contributed by atoms with Crippen molar-refractivity contribution in [3.8, 4) is 16.9 Å². The minimum Gasteiger partial charge on any atom is -0.496 e. The summed E-state index contributed by atoms with van der Waals surface area (Å²) in [6.07, 6.45) is 1.21. The first-order chi connectivity index (χ1) is 9.61. The van der Waals surface area contributed by atoms with E-state index in [0.717, 1.165) is 28.0 Å². The maximum Gasteiger partial charge on any atom is 0.328 e. The molecule has 20 heavy (non-hydrogen) atoms. The van der Waals surface area contributed by atoms with E-state index < -0.39 is 5.97 Å². The predicted octanol–water partition coefficient (Wildman–Crippen LogP) is 3.85. The predicted molar refractivity (Wildman–Crippen MR) is 78.2 cm³/mol. The standard InChI is InChI=1S/C16H11ClO3/c1-20-14-4-2-3-10-13(8-15(18)19)12-7-9(17)5-6-11(12)16(10)14/h2-8H,1H3,(H,18,19)/b13-8-. The number of fused-ring (bicyclic) bond motifs is 3. The third-order valence-electron chi connectivity index (χ3n) is 3.35. The highest BCUT2D eigenvalue weighted by Crippen LogP contribution is 2.49. The molecule has 0 radical (unpaired) electrons. The molecule has 1 aliphatic carbocycles. The first-order valence-corrected chi connectivity index (χ1v) is 6.42. The largest absolute Gasteiger partial charge is 0.496 e. The summed E-state index contributed by atoms with van der Waals surface area (Å²) < 4.78 is 5.39. The topological polar surface area (TPSA) is 46.5 Å². The molecule has 0 aromatic heterocycles. The molecule has 100 valence electrons. The minimum atomic E-state index is -0.985. The Morgan fingerprint density at radius 3 is 2.70 bits per heavy atom. The van der Waals surface area contributed by atoms with Crippen molar-refractivity contribution in [3.05, 3.63) is 58.6 Å². The van der Waals surface area contributed by atoms with Gasteiger partial charge in [-0.1, -0.05) is 29.8 Å². The molecular formula is C16H11ClO3. The lowest BCUT2D eigenvalue weighted by atomic mass is 10.0. The summed E-state index contributed by atoms with van der Waals surface area (Å²) in [4.78, 5) is 11.1. The monoisotopic (exact) mass is 286 g/mol. The molecule has 0 atom stereocenters. The van der Waals surface area contributed by atoms with E-state index in [9.17, 15) is 4.79 Å². The van der Waals surface area contributed by atoms with Crippen molar-refractivity contribution in [2.45, 2.75) is 0 Å². The molecule has 0 fully saturated rings. The fraction of sp³-hybridized carbons (Fsp3) is 0.0625. The van der Waals surface area contributed by atoms with E-state index in [0.29, 0.717) is 10.6 Å². The van der Waals surface area contributed by atoms with Gasteiger partial charge in [0.1, 0.15) is 5.75 Å². The van der Waals surface area contributed by atoms with E-state index in [1.165, 1.54) is 6.08 Å². The Balaban J connectivity index is 2.38. The first kappa shape index (κ1) is 12.8. The highest BCUT2D eigenvalue weighted by atomic mass is 35.5. The van der Waals surface area contributed by atoms with Crippen LogP contribution < -0.4 is 4.74 Å². The zero-order chi connectivity index (χ0) is 14.3. The van der Waals surface area contributed by atoms with Crippen molar-refractivity contribution in [2.75, 3.05) is 7.11 Å². The smallest absolute Gasteiger partial charge is 0.328 e. The third-order valence-corrected chi connectivity index (χ3v) is 3.58. The second-order valence-electron chi connectivity index (χ2n) is 4.47. The van der Waals surface area contributed by atoms with Crippen LogP contribution >= 0.6 is 11.6 Å². The van der Waals surface area contributed by atoms with Gasteiger partial charge in [0.15, 0.2) is 0 Å². The summed E-state index contributed by atoms with van der Waals surface area (Å²) in [5.74, 6) is -0.263. The lowest BCUT2D eigenvalue weighted by Crippen LogP contribution is -1.92. The van der Waals surface area contributed by atoms with Crippen LogP contribution in [0.5, 0.6) is 5.75 Å². The highest BCUT2D eigenvalue weighted by Gasteiger charge is 2.27. The average molecular weight is 287 g/mol. The van der Waals surface area contributed by atoms with Crippen LogP contribution in [0.1, 0.15) is 11.1 Å². The molecule has 0 heterocycles. The van der Waals surface area contributed by atoms with Crippen LogP contribution in [0, 0.1) is 0 Å². The fourth-order valence-electron chi connectivity index (χ4n) is 2.58. The van der Waals surface area contributed by atoms with Crippen LogP contribution in [-0.2, 0) is 4.79 Å². The molecule has 0 aliphatic heterocycles. The number of carboxylic acids is 1. The van der Waals surface area contributed by atoms with Crippen molar-refractivity contribution in [3.63, 3.8) is 0 Å². The second-order valence-corrected chi connectivity index (χ2v) is 4.91. The van der Waals surface area contributed by atoms with Gasteiger partial charge in [-0.3, -0.25) is 0 Å². The number of rotatable bonds is 2. The van der Waals surface area contributed by atoms with Crippen molar-refractivity contribution in [1.29, 1.82) is 0 Å². The number of carbonyl (C=O) groups is 1. The van der Waals surface area contributed by atoms with E-state index in [4.69, 9.17) is 21.4 Å².